The molecule has 6 nitrogen and oxygen atoms in total. The van der Waals surface area contributed by atoms with Crippen LogP contribution >= 0.6 is 0 Å². The van der Waals surface area contributed by atoms with Gasteiger partial charge in [-0.05, 0) is 6.92 Å². The zero-order valence-electron chi connectivity index (χ0n) is 9.69. The molecule has 0 rings (SSSR count). The topological polar surface area (TPSA) is 99.7 Å². The number of rotatable bonds is 5. The summed E-state index contributed by atoms with van der Waals surface area (Å²) in [5.74, 6) is 2.25. The Kier molecular flexibility index (Phi) is 67.7. The largest absolute Gasteiger partial charge is 0.412 e. The number of hydrogen-bond acceptors (Lipinski definition) is 5. The normalized spacial score (nSPS) is 6.88. The first-order chi connectivity index (χ1) is 6.76. The van der Waals surface area contributed by atoms with Gasteiger partial charge in [-0.3, -0.25) is 10.5 Å². The molecule has 0 saturated heterocycles. The third-order valence-electron chi connectivity index (χ3n) is 1.04. The summed E-state index contributed by atoms with van der Waals surface area (Å²) in [6.45, 7) is 2.83. The first-order valence-corrected chi connectivity index (χ1v) is 3.84. The Balaban J connectivity index is -0.0000000502. The summed E-state index contributed by atoms with van der Waals surface area (Å²) in [6.07, 6.45) is 4.67. The number of hydrogen-bond donors (Lipinski definition) is 2. The van der Waals surface area contributed by atoms with Gasteiger partial charge in [0.1, 0.15) is 6.10 Å². The van der Waals surface area contributed by atoms with Crippen LogP contribution < -0.4 is 0 Å². The van der Waals surface area contributed by atoms with Gasteiger partial charge in [-0.25, -0.2) is 0 Å². The summed E-state index contributed by atoms with van der Waals surface area (Å²) in [5, 5.41) is 12.0. The van der Waals surface area contributed by atoms with Crippen LogP contribution in [0, 0.1) is 12.3 Å². The average Bonchev–Trinajstić information content (AvgIpc) is 2.22. The van der Waals surface area contributed by atoms with E-state index in [1.807, 2.05) is 0 Å². The third kappa shape index (κ3) is 37.7. The second-order valence-corrected chi connectivity index (χ2v) is 2.06. The predicted octanol–water partition coefficient (Wildman–Crippen LogP) is 0.763. The van der Waals surface area contributed by atoms with Crippen LogP contribution in [0.25, 0.3) is 0 Å². The van der Waals surface area contributed by atoms with Crippen molar-refractivity contribution in [2.24, 2.45) is 0 Å². The van der Waals surface area contributed by atoms with Gasteiger partial charge >= 0.3 is 0 Å². The van der Waals surface area contributed by atoms with Gasteiger partial charge in [0.25, 0.3) is 0 Å². The van der Waals surface area contributed by atoms with Gasteiger partial charge in [0.15, 0.2) is 0 Å². The van der Waals surface area contributed by atoms with Crippen LogP contribution in [0.5, 0.6) is 0 Å². The van der Waals surface area contributed by atoms with E-state index in [9.17, 15) is 0 Å². The molecule has 0 bridgehead atoms. The van der Waals surface area contributed by atoms with Crippen molar-refractivity contribution in [3.8, 4) is 12.3 Å². The molecule has 0 amide bonds. The maximum atomic E-state index is 6.00. The molecule has 0 saturated carbocycles. The summed E-state index contributed by atoms with van der Waals surface area (Å²) in [4.78, 5) is 0. The molecule has 0 unspecified atom stereocenters. The molecule has 0 spiro atoms. The predicted molar refractivity (Wildman–Crippen MR) is 64.7 cm³/mol. The van der Waals surface area contributed by atoms with E-state index in [1.165, 1.54) is 0 Å². The molecule has 0 aromatic heterocycles. The summed E-state index contributed by atoms with van der Waals surface area (Å²) in [6, 6.07) is 0. The van der Waals surface area contributed by atoms with Crippen LogP contribution in [0.4, 0.5) is 0 Å². The van der Waals surface area contributed by atoms with Gasteiger partial charge in [0.2, 0.25) is 0 Å². The molecule has 0 radical (unpaired) electrons. The second kappa shape index (κ2) is 36.7. The molecule has 0 aromatic carbocycles. The summed E-state index contributed by atoms with van der Waals surface area (Å²) >= 11 is 0. The number of ether oxygens (including phenoxy) is 3. The van der Waals surface area contributed by atoms with Gasteiger partial charge in [-0.2, -0.15) is 0 Å². The lowest BCUT2D eigenvalue weighted by molar-refractivity contribution is -0.176. The lowest BCUT2D eigenvalue weighted by Crippen LogP contribution is -2.22. The van der Waals surface area contributed by atoms with Crippen molar-refractivity contribution in [1.82, 2.24) is 0 Å². The highest BCUT2D eigenvalue weighted by Gasteiger charge is 2.03. The van der Waals surface area contributed by atoms with E-state index in [0.717, 1.165) is 0 Å². The average molecular weight is 242 g/mol. The number of terminal acetylenes is 1. The highest BCUT2D eigenvalue weighted by atomic mass is 17.0. The van der Waals surface area contributed by atoms with E-state index in [1.54, 1.807) is 28.3 Å². The molecule has 6 heteroatoms. The standard InChI is InChI=1S/C6H14O3.C3H4.CH4.H2O2.H2O/c1-7-4-6(9-3)5-8-2;1-3-2;;1-2;/h6H,4-5H2,1-3H3;1H,2H3;1H4;1-2H;1H2. The minimum Gasteiger partial charge on any atom is -0.412 e. The van der Waals surface area contributed by atoms with Crippen molar-refractivity contribution in [3.63, 3.8) is 0 Å². The van der Waals surface area contributed by atoms with E-state index in [2.05, 4.69) is 12.3 Å². The minimum atomic E-state index is 0. The first kappa shape index (κ1) is 29.5. The fourth-order valence-electron chi connectivity index (χ4n) is 0.556. The van der Waals surface area contributed by atoms with Crippen LogP contribution in [0.2, 0.25) is 0 Å². The van der Waals surface area contributed by atoms with Gasteiger partial charge in [-0.15, -0.1) is 12.3 Å². The van der Waals surface area contributed by atoms with E-state index in [0.29, 0.717) is 13.2 Å². The van der Waals surface area contributed by atoms with Crippen LogP contribution in [0.3, 0.4) is 0 Å². The summed E-state index contributed by atoms with van der Waals surface area (Å²) in [5.41, 5.74) is 0. The van der Waals surface area contributed by atoms with E-state index in [4.69, 9.17) is 24.7 Å². The first-order valence-electron chi connectivity index (χ1n) is 3.84. The molecule has 0 aliphatic rings. The molecule has 0 aliphatic heterocycles. The SMILES string of the molecule is C.C#CC.COCC(COC)OC.O.OO. The zero-order chi connectivity index (χ0) is 11.8. The van der Waals surface area contributed by atoms with E-state index < -0.39 is 0 Å². The van der Waals surface area contributed by atoms with Gasteiger partial charge in [0.05, 0.1) is 13.2 Å². The van der Waals surface area contributed by atoms with E-state index >= 15 is 0 Å². The van der Waals surface area contributed by atoms with Crippen LogP contribution in [-0.2, 0) is 14.2 Å². The Morgan fingerprint density at radius 3 is 1.50 bits per heavy atom. The lowest BCUT2D eigenvalue weighted by atomic mass is 10.4. The van der Waals surface area contributed by atoms with Crippen molar-refractivity contribution >= 4 is 0 Å². The molecular weight excluding hydrogens is 216 g/mol. The fourth-order valence-corrected chi connectivity index (χ4v) is 0.556. The van der Waals surface area contributed by atoms with Crippen molar-refractivity contribution in [3.05, 3.63) is 0 Å². The molecule has 0 fully saturated rings. The smallest absolute Gasteiger partial charge is 0.104 e. The number of methoxy groups -OCH3 is 3. The van der Waals surface area contributed by atoms with Gasteiger partial charge in [0, 0.05) is 21.3 Å². The van der Waals surface area contributed by atoms with Crippen molar-refractivity contribution in [2.45, 2.75) is 20.5 Å². The Morgan fingerprint density at radius 1 is 1.12 bits per heavy atom. The lowest BCUT2D eigenvalue weighted by Gasteiger charge is -2.11. The highest BCUT2D eigenvalue weighted by Crippen LogP contribution is 1.89. The minimum absolute atomic E-state index is 0. The van der Waals surface area contributed by atoms with E-state index in [-0.39, 0.29) is 19.0 Å². The fraction of sp³-hybridized carbons (Fsp3) is 0.800. The van der Waals surface area contributed by atoms with Crippen LogP contribution in [0.15, 0.2) is 0 Å². The molecule has 0 aliphatic carbocycles. The Hall–Kier alpha value is -0.680. The zero-order valence-corrected chi connectivity index (χ0v) is 9.69. The Morgan fingerprint density at radius 2 is 1.38 bits per heavy atom. The molecule has 0 atom stereocenters. The molecule has 102 valence electrons. The molecule has 16 heavy (non-hydrogen) atoms. The van der Waals surface area contributed by atoms with Crippen molar-refractivity contribution < 1.29 is 30.2 Å². The molecular formula is C10H26O6. The molecule has 4 N–H and O–H groups in total. The van der Waals surface area contributed by atoms with Crippen LogP contribution in [0.1, 0.15) is 14.4 Å². The Labute approximate surface area is 98.4 Å². The third-order valence-corrected chi connectivity index (χ3v) is 1.04. The van der Waals surface area contributed by atoms with Crippen LogP contribution in [-0.4, -0.2) is 56.6 Å². The van der Waals surface area contributed by atoms with Crippen molar-refractivity contribution in [1.29, 1.82) is 0 Å². The quantitative estimate of drug-likeness (QED) is 0.421. The summed E-state index contributed by atoms with van der Waals surface area (Å²) in [7, 11) is 4.92. The highest BCUT2D eigenvalue weighted by molar-refractivity contribution is 4.73. The monoisotopic (exact) mass is 242 g/mol. The maximum Gasteiger partial charge on any atom is 0.104 e. The van der Waals surface area contributed by atoms with Gasteiger partial charge in [-0.1, -0.05) is 7.43 Å². The van der Waals surface area contributed by atoms with Crippen molar-refractivity contribution in [2.75, 3.05) is 34.5 Å². The molecule has 0 aromatic rings. The second-order valence-electron chi connectivity index (χ2n) is 2.06. The Bertz CT molecular complexity index is 106. The van der Waals surface area contributed by atoms with Gasteiger partial charge < -0.3 is 19.7 Å². The summed E-state index contributed by atoms with van der Waals surface area (Å²) < 4.78 is 14.7. The maximum absolute atomic E-state index is 6.00. The molecule has 0 heterocycles.